The van der Waals surface area contributed by atoms with Gasteiger partial charge in [0.05, 0.1) is 5.69 Å². The number of hydrogen-bond acceptors (Lipinski definition) is 2. The number of aromatic nitrogens is 1. The van der Waals surface area contributed by atoms with E-state index in [0.29, 0.717) is 12.1 Å². The largest absolute Gasteiger partial charge is 0.354 e. The van der Waals surface area contributed by atoms with Crippen LogP contribution in [0.4, 0.5) is 8.78 Å². The monoisotopic (exact) mass is 223 g/mol. The number of halogens is 2. The first-order chi connectivity index (χ1) is 7.64. The first-order valence-corrected chi connectivity index (χ1v) is 5.04. The van der Waals surface area contributed by atoms with E-state index in [4.69, 9.17) is 0 Å². The smallest absolute Gasteiger partial charge is 0.332 e. The highest BCUT2D eigenvalue weighted by Gasteiger charge is 2.38. The van der Waals surface area contributed by atoms with Crippen molar-refractivity contribution in [3.63, 3.8) is 0 Å². The van der Waals surface area contributed by atoms with Crippen LogP contribution in [0.2, 0.25) is 0 Å². The molecule has 84 valence electrons. The van der Waals surface area contributed by atoms with Crippen LogP contribution in [-0.2, 0) is 12.3 Å². The summed E-state index contributed by atoms with van der Waals surface area (Å²) < 4.78 is 32.5. The molecule has 0 unspecified atom stereocenters. The fourth-order valence-electron chi connectivity index (χ4n) is 1.42. The lowest BCUT2D eigenvalue weighted by Gasteiger charge is -2.12. The first-order valence-electron chi connectivity index (χ1n) is 5.04. The predicted molar refractivity (Wildman–Crippen MR) is 55.3 cm³/mol. The summed E-state index contributed by atoms with van der Waals surface area (Å²) in [5.74, 6) is -3.53. The molecule has 0 spiro atoms. The van der Waals surface area contributed by atoms with Crippen molar-refractivity contribution in [2.24, 2.45) is 0 Å². The van der Waals surface area contributed by atoms with Gasteiger partial charge in [0.15, 0.2) is 0 Å². The third-order valence-corrected chi connectivity index (χ3v) is 2.37. The molecule has 16 heavy (non-hydrogen) atoms. The second kappa shape index (κ2) is 4.04. The van der Waals surface area contributed by atoms with Gasteiger partial charge in [-0.1, -0.05) is 42.4 Å². The zero-order valence-electron chi connectivity index (χ0n) is 8.78. The zero-order valence-corrected chi connectivity index (χ0v) is 8.78. The molecule has 1 heterocycles. The Kier molecular flexibility index (Phi) is 2.73. The standard InChI is InChI=1S/C12H11F2NO/c1-2-10-8-11(16-15-10)12(13,14)9-6-4-3-5-7-9/h3-8H,2H2,1H3. The molecular formula is C12H11F2NO. The van der Waals surface area contributed by atoms with Crippen molar-refractivity contribution in [2.45, 2.75) is 19.3 Å². The molecule has 0 fully saturated rings. The Morgan fingerprint density at radius 3 is 2.50 bits per heavy atom. The summed E-state index contributed by atoms with van der Waals surface area (Å²) in [6, 6.07) is 8.87. The Bertz CT molecular complexity index is 465. The van der Waals surface area contributed by atoms with Crippen LogP contribution in [0, 0.1) is 0 Å². The van der Waals surface area contributed by atoms with Crippen molar-refractivity contribution in [1.82, 2.24) is 5.16 Å². The molecule has 0 aliphatic carbocycles. The fourth-order valence-corrected chi connectivity index (χ4v) is 1.42. The highest BCUT2D eigenvalue weighted by atomic mass is 19.3. The molecule has 2 aromatic rings. The van der Waals surface area contributed by atoms with Gasteiger partial charge in [0.2, 0.25) is 5.76 Å². The Morgan fingerprint density at radius 2 is 1.94 bits per heavy atom. The van der Waals surface area contributed by atoms with Crippen molar-refractivity contribution >= 4 is 0 Å². The SMILES string of the molecule is CCc1cc(C(F)(F)c2ccccc2)on1. The molecule has 0 aliphatic rings. The summed E-state index contributed by atoms with van der Waals surface area (Å²) in [6.07, 6.45) is 0.578. The van der Waals surface area contributed by atoms with Gasteiger partial charge in [-0.2, -0.15) is 8.78 Å². The molecule has 0 saturated carbocycles. The van der Waals surface area contributed by atoms with Crippen LogP contribution in [0.25, 0.3) is 0 Å². The lowest BCUT2D eigenvalue weighted by molar-refractivity contribution is 0.0131. The normalized spacial score (nSPS) is 11.7. The molecule has 1 aromatic heterocycles. The molecule has 0 aliphatic heterocycles. The third-order valence-electron chi connectivity index (χ3n) is 2.37. The van der Waals surface area contributed by atoms with E-state index in [-0.39, 0.29) is 5.56 Å². The molecule has 0 N–H and O–H groups in total. The van der Waals surface area contributed by atoms with Gasteiger partial charge in [0, 0.05) is 11.6 Å². The van der Waals surface area contributed by atoms with E-state index in [9.17, 15) is 8.78 Å². The van der Waals surface area contributed by atoms with Crippen LogP contribution in [0.3, 0.4) is 0 Å². The minimum atomic E-state index is -3.12. The average molecular weight is 223 g/mol. The van der Waals surface area contributed by atoms with E-state index >= 15 is 0 Å². The van der Waals surface area contributed by atoms with Crippen LogP contribution in [-0.4, -0.2) is 5.16 Å². The van der Waals surface area contributed by atoms with Crippen LogP contribution in [0.1, 0.15) is 23.9 Å². The molecule has 0 atom stereocenters. The molecule has 0 bridgehead atoms. The van der Waals surface area contributed by atoms with Gasteiger partial charge in [0.25, 0.3) is 0 Å². The summed E-state index contributed by atoms with van der Waals surface area (Å²) in [4.78, 5) is 0. The number of alkyl halides is 2. The van der Waals surface area contributed by atoms with Gasteiger partial charge < -0.3 is 4.52 Å². The van der Waals surface area contributed by atoms with Gasteiger partial charge in [-0.05, 0) is 6.42 Å². The Morgan fingerprint density at radius 1 is 1.25 bits per heavy atom. The maximum atomic E-state index is 13.9. The lowest BCUT2D eigenvalue weighted by Crippen LogP contribution is -2.13. The molecule has 2 rings (SSSR count). The van der Waals surface area contributed by atoms with E-state index in [0.717, 1.165) is 0 Å². The topological polar surface area (TPSA) is 26.0 Å². The molecule has 0 radical (unpaired) electrons. The van der Waals surface area contributed by atoms with E-state index < -0.39 is 11.7 Å². The molecular weight excluding hydrogens is 212 g/mol. The fraction of sp³-hybridized carbons (Fsp3) is 0.250. The van der Waals surface area contributed by atoms with E-state index in [2.05, 4.69) is 9.68 Å². The van der Waals surface area contributed by atoms with Gasteiger partial charge in [-0.3, -0.25) is 0 Å². The van der Waals surface area contributed by atoms with Crippen molar-refractivity contribution in [3.05, 3.63) is 53.4 Å². The van der Waals surface area contributed by atoms with E-state index in [1.54, 1.807) is 18.2 Å². The predicted octanol–water partition coefficient (Wildman–Crippen LogP) is 3.38. The minimum absolute atomic E-state index is 0.0891. The van der Waals surface area contributed by atoms with Crippen molar-refractivity contribution in [3.8, 4) is 0 Å². The van der Waals surface area contributed by atoms with Gasteiger partial charge in [-0.15, -0.1) is 0 Å². The average Bonchev–Trinajstić information content (AvgIpc) is 2.79. The summed E-state index contributed by atoms with van der Waals surface area (Å²) >= 11 is 0. The Balaban J connectivity index is 2.38. The van der Waals surface area contributed by atoms with Crippen molar-refractivity contribution < 1.29 is 13.3 Å². The van der Waals surface area contributed by atoms with Gasteiger partial charge >= 0.3 is 5.92 Å². The van der Waals surface area contributed by atoms with Gasteiger partial charge in [-0.25, -0.2) is 0 Å². The maximum absolute atomic E-state index is 13.9. The number of nitrogens with zero attached hydrogens (tertiary/aromatic N) is 1. The number of hydrogen-bond donors (Lipinski definition) is 0. The highest BCUT2D eigenvalue weighted by Crippen LogP contribution is 2.35. The second-order valence-electron chi connectivity index (χ2n) is 3.48. The molecule has 1 aromatic carbocycles. The van der Waals surface area contributed by atoms with Crippen LogP contribution in [0.15, 0.2) is 40.9 Å². The Hall–Kier alpha value is -1.71. The summed E-state index contributed by atoms with van der Waals surface area (Å²) in [5.41, 5.74) is 0.444. The quantitative estimate of drug-likeness (QED) is 0.797. The summed E-state index contributed by atoms with van der Waals surface area (Å²) in [6.45, 7) is 1.84. The zero-order chi connectivity index (χ0) is 11.6. The molecule has 4 heteroatoms. The third kappa shape index (κ3) is 1.83. The highest BCUT2D eigenvalue weighted by molar-refractivity contribution is 5.28. The minimum Gasteiger partial charge on any atom is -0.354 e. The number of benzene rings is 1. The van der Waals surface area contributed by atoms with E-state index in [1.807, 2.05) is 6.92 Å². The van der Waals surface area contributed by atoms with Crippen LogP contribution in [0.5, 0.6) is 0 Å². The molecule has 0 saturated heterocycles. The first kappa shape index (κ1) is 10.8. The molecule has 0 amide bonds. The summed E-state index contributed by atoms with van der Waals surface area (Å²) in [5, 5.41) is 3.57. The molecule has 2 nitrogen and oxygen atoms in total. The van der Waals surface area contributed by atoms with E-state index in [1.165, 1.54) is 18.2 Å². The number of rotatable bonds is 3. The Labute approximate surface area is 91.9 Å². The second-order valence-corrected chi connectivity index (χ2v) is 3.48. The van der Waals surface area contributed by atoms with Crippen molar-refractivity contribution in [2.75, 3.05) is 0 Å². The number of aryl methyl sites for hydroxylation is 1. The summed E-state index contributed by atoms with van der Waals surface area (Å²) in [7, 11) is 0. The maximum Gasteiger partial charge on any atom is 0.332 e. The van der Waals surface area contributed by atoms with Crippen LogP contribution >= 0.6 is 0 Å². The van der Waals surface area contributed by atoms with Crippen LogP contribution < -0.4 is 0 Å². The van der Waals surface area contributed by atoms with Crippen molar-refractivity contribution in [1.29, 1.82) is 0 Å². The van der Waals surface area contributed by atoms with Gasteiger partial charge in [0.1, 0.15) is 0 Å². The lowest BCUT2D eigenvalue weighted by atomic mass is 10.1.